The van der Waals surface area contributed by atoms with Gasteiger partial charge in [0.05, 0.1) is 106 Å². The van der Waals surface area contributed by atoms with Crippen molar-refractivity contribution in [3.8, 4) is 46.0 Å². The van der Waals surface area contributed by atoms with E-state index in [1.165, 1.54) is 39.2 Å². The van der Waals surface area contributed by atoms with Crippen LogP contribution in [-0.2, 0) is 0 Å². The van der Waals surface area contributed by atoms with E-state index in [1.807, 2.05) is 0 Å². The number of rotatable bonds is 24. The van der Waals surface area contributed by atoms with Gasteiger partial charge in [0.15, 0.2) is 0 Å². The highest BCUT2D eigenvalue weighted by Crippen LogP contribution is 2.58. The van der Waals surface area contributed by atoms with Crippen LogP contribution in [0, 0.1) is 47.3 Å². The largest absolute Gasteiger partial charge is 0.497 e. The number of ether oxygens (including phenoxy) is 8. The Balaban J connectivity index is 0.845. The van der Waals surface area contributed by atoms with Crippen LogP contribution in [0.5, 0.6) is 46.0 Å². The Morgan fingerprint density at radius 3 is 0.357 bits per heavy atom. The van der Waals surface area contributed by atoms with Gasteiger partial charge in [0.25, 0.3) is 0 Å². The lowest BCUT2D eigenvalue weighted by Crippen LogP contribution is -2.62. The molecule has 9 fully saturated rings. The van der Waals surface area contributed by atoms with Gasteiger partial charge in [0.2, 0.25) is 0 Å². The van der Waals surface area contributed by atoms with Crippen LogP contribution in [0.15, 0.2) is 233 Å². The number of fused-ring (bicyclic) bond motifs is 20. The molecule has 5 aliphatic heterocycles. The van der Waals surface area contributed by atoms with Crippen molar-refractivity contribution >= 4 is 94.1 Å². The lowest BCUT2D eigenvalue weighted by molar-refractivity contribution is 0.182. The van der Waals surface area contributed by atoms with Crippen molar-refractivity contribution in [2.24, 2.45) is 47.3 Å². The van der Waals surface area contributed by atoms with Crippen LogP contribution in [0.1, 0.15) is 51.4 Å². The molecule has 8 aromatic rings. The molecule has 9 aliphatic rings. The van der Waals surface area contributed by atoms with Crippen LogP contribution in [0.3, 0.4) is 0 Å². The lowest BCUT2D eigenvalue weighted by atomic mass is 9.75. The first-order chi connectivity index (χ1) is 55.0. The van der Waals surface area contributed by atoms with E-state index in [-0.39, 0.29) is 139 Å². The Morgan fingerprint density at radius 1 is 0.170 bits per heavy atom. The maximum Gasteiger partial charge on any atom is 0.118 e. The SMILES string of the molecule is COc1ccc(SC2CCC(Sc3ccc(OC)cc3)C3C4NC(NC5NC(NC6NC(NC7NC(N4)C4C(Sc8ccc(OC)cc8)CCC(Sc8ccc(OC)cc8)C74)C4C(Sc7ccc(OC)cc7)CCC(Sc7ccc(OC)cc7)C64)C4C(Sc6ccc(OC)cc6)CCC(Sc6ccc(OC)cc6)C54)C23)cc1. The molecule has 0 aromatic heterocycles. The molecule has 17 rings (SSSR count). The first-order valence-corrected chi connectivity index (χ1v) is 46.6. The molecule has 16 nitrogen and oxygen atoms in total. The maximum absolute atomic E-state index is 5.81. The molecule has 4 aliphatic carbocycles. The third-order valence-corrected chi connectivity index (χ3v) is 36.1. The Labute approximate surface area is 695 Å². The van der Waals surface area contributed by atoms with E-state index in [1.54, 1.807) is 56.9 Å². The molecule has 5 heterocycles. The van der Waals surface area contributed by atoms with E-state index in [4.69, 9.17) is 59.2 Å². The first-order valence-electron chi connectivity index (χ1n) is 39.5. The fourth-order valence-electron chi connectivity index (χ4n) is 19.8. The molecule has 24 heteroatoms. The molecular weight excluding hydrogens is 1550 g/mol. The van der Waals surface area contributed by atoms with Gasteiger partial charge in [-0.3, -0.25) is 42.5 Å². The second-order valence-electron chi connectivity index (χ2n) is 30.7. The van der Waals surface area contributed by atoms with Gasteiger partial charge in [-0.25, -0.2) is 0 Å². The Bertz CT molecular complexity index is 3540. The minimum Gasteiger partial charge on any atom is -0.497 e. The zero-order chi connectivity index (χ0) is 76.3. The summed E-state index contributed by atoms with van der Waals surface area (Å²) in [6.45, 7) is 0. The van der Waals surface area contributed by atoms with Gasteiger partial charge in [0, 0.05) is 129 Å². The van der Waals surface area contributed by atoms with Crippen molar-refractivity contribution in [3.63, 3.8) is 0 Å². The van der Waals surface area contributed by atoms with Crippen molar-refractivity contribution in [3.05, 3.63) is 194 Å². The van der Waals surface area contributed by atoms with Crippen molar-refractivity contribution in [2.45, 2.75) is 182 Å². The second-order valence-corrected chi connectivity index (χ2v) is 41.2. The average molecular weight is 1660 g/mol. The van der Waals surface area contributed by atoms with E-state index in [9.17, 15) is 0 Å². The van der Waals surface area contributed by atoms with Gasteiger partial charge in [-0.05, 0) is 245 Å². The monoisotopic (exact) mass is 1660 g/mol. The molecule has 8 N–H and O–H groups in total. The topological polar surface area (TPSA) is 170 Å². The van der Waals surface area contributed by atoms with Crippen LogP contribution in [0.2, 0.25) is 0 Å². The molecule has 4 saturated carbocycles. The summed E-state index contributed by atoms with van der Waals surface area (Å²) in [4.78, 5) is 10.1. The summed E-state index contributed by atoms with van der Waals surface area (Å²) in [5.41, 5.74) is 0. The highest BCUT2D eigenvalue weighted by molar-refractivity contribution is 8.02. The van der Waals surface area contributed by atoms with E-state index in [0.29, 0.717) is 0 Å². The summed E-state index contributed by atoms with van der Waals surface area (Å²) in [6.07, 6.45) is 7.54. The third kappa shape index (κ3) is 17.3. The zero-order valence-electron chi connectivity index (χ0n) is 64.5. The molecule has 0 radical (unpaired) electrons. The molecule has 16 atom stereocenters. The smallest absolute Gasteiger partial charge is 0.118 e. The number of hydrogen-bond donors (Lipinski definition) is 8. The highest BCUT2D eigenvalue weighted by Gasteiger charge is 2.63. The average Bonchev–Trinajstić information content (AvgIpc) is 1.57. The van der Waals surface area contributed by atoms with E-state index < -0.39 is 0 Å². The summed E-state index contributed by atoms with van der Waals surface area (Å²) in [5, 5.41) is 39.6. The summed E-state index contributed by atoms with van der Waals surface area (Å²) in [5.74, 6) is 8.35. The number of thioether (sulfide) groups is 8. The van der Waals surface area contributed by atoms with E-state index >= 15 is 0 Å². The Kier molecular flexibility index (Phi) is 25.6. The number of nitrogens with one attached hydrogen (secondary N) is 8. The summed E-state index contributed by atoms with van der Waals surface area (Å²) < 4.78 is 46.5. The molecule has 8 aromatic carbocycles. The fraction of sp³-hybridized carbons (Fsp3) is 0.455. The molecule has 8 bridgehead atoms. The first kappa shape index (κ1) is 79.1. The van der Waals surface area contributed by atoms with E-state index in [2.05, 4.69) is 309 Å². The molecule has 0 spiro atoms. The zero-order valence-corrected chi connectivity index (χ0v) is 71.1. The van der Waals surface area contributed by atoms with Gasteiger partial charge in [0.1, 0.15) is 46.0 Å². The minimum atomic E-state index is -0.110. The Morgan fingerprint density at radius 2 is 0.268 bits per heavy atom. The van der Waals surface area contributed by atoms with Crippen molar-refractivity contribution in [1.82, 2.24) is 42.5 Å². The van der Waals surface area contributed by atoms with Gasteiger partial charge >= 0.3 is 0 Å². The standard InChI is InChI=1S/C88H104N8O8S8/c1-97-49-9-25-57(26-10-49)105-65-41-42-66(106-58-27-11-50(98-2)12-28-58)74-73(65)81-89-82(74)94-84-77-69(109-61-33-17-53(101-5)18-34-61)45-46-70(110-62-35-19-54(102-6)20-36-62)78(77)86(91-84)96-88-80-72(112-64-39-23-56(104-8)24-40-64)48-47-71(111-63-37-21-55(103-7)22-38-63)79(80)87(92-88)95-85-76-68(108-60-31-15-52(100-4)16-32-60)44-43-67(75(76)83(90-85)93-81)107-59-29-13-51(99-3)14-30-59/h9-40,65-96H,41-48H2,1-8H3. The maximum atomic E-state index is 5.81. The van der Waals surface area contributed by atoms with Gasteiger partial charge < -0.3 is 37.9 Å². The molecule has 16 unspecified atom stereocenters. The molecule has 0 amide bonds. The summed E-state index contributed by atoms with van der Waals surface area (Å²) in [7, 11) is 14.1. The van der Waals surface area contributed by atoms with Crippen LogP contribution in [0.4, 0.5) is 0 Å². The predicted molar refractivity (Wildman–Crippen MR) is 461 cm³/mol. The molecule has 112 heavy (non-hydrogen) atoms. The van der Waals surface area contributed by atoms with Crippen LogP contribution in [-0.4, -0.2) is 148 Å². The van der Waals surface area contributed by atoms with Crippen LogP contribution in [0.25, 0.3) is 0 Å². The summed E-state index contributed by atoms with van der Waals surface area (Å²) in [6, 6.07) is 70.6. The Hall–Kier alpha value is -5.36. The van der Waals surface area contributed by atoms with Gasteiger partial charge in [-0.2, -0.15) is 0 Å². The normalized spacial score (nSPS) is 33.1. The van der Waals surface area contributed by atoms with Crippen LogP contribution >= 0.6 is 94.1 Å². The van der Waals surface area contributed by atoms with Crippen LogP contribution < -0.4 is 80.4 Å². The molecule has 592 valence electrons. The van der Waals surface area contributed by atoms with E-state index in [0.717, 1.165) is 97.4 Å². The van der Waals surface area contributed by atoms with Crippen molar-refractivity contribution in [2.75, 3.05) is 56.9 Å². The van der Waals surface area contributed by atoms with Gasteiger partial charge in [-0.1, -0.05) is 0 Å². The number of hydrogen-bond acceptors (Lipinski definition) is 24. The quantitative estimate of drug-likeness (QED) is 0.0287. The third-order valence-electron chi connectivity index (χ3n) is 24.9. The molecule has 5 saturated heterocycles. The van der Waals surface area contributed by atoms with Crippen molar-refractivity contribution in [1.29, 1.82) is 0 Å². The minimum absolute atomic E-state index is 0.110. The molecular formula is C88H104N8O8S8. The predicted octanol–water partition coefficient (Wildman–Crippen LogP) is 16.8. The fourth-order valence-corrected chi connectivity index (χ4v) is 30.9. The lowest BCUT2D eigenvalue weighted by Gasteiger charge is -2.45. The highest BCUT2D eigenvalue weighted by atomic mass is 32.2. The van der Waals surface area contributed by atoms with Crippen molar-refractivity contribution < 1.29 is 37.9 Å². The summed E-state index contributed by atoms with van der Waals surface area (Å²) >= 11 is 16.5. The number of methoxy groups -OCH3 is 8. The van der Waals surface area contributed by atoms with Gasteiger partial charge in [-0.15, -0.1) is 94.1 Å². The second kappa shape index (κ2) is 36.2. The number of benzene rings is 8.